The van der Waals surface area contributed by atoms with Crippen LogP contribution < -0.4 is 0 Å². The van der Waals surface area contributed by atoms with Gasteiger partial charge < -0.3 is 9.47 Å². The van der Waals surface area contributed by atoms with Crippen molar-refractivity contribution in [3.8, 4) is 0 Å². The van der Waals surface area contributed by atoms with Gasteiger partial charge in [0.1, 0.15) is 0 Å². The molecule has 1 aromatic rings. The average Bonchev–Trinajstić information content (AvgIpc) is 2.76. The molecule has 88 valence electrons. The minimum absolute atomic E-state index is 0.254. The maximum absolute atomic E-state index is 5.93. The van der Waals surface area contributed by atoms with Gasteiger partial charge in [-0.1, -0.05) is 59.8 Å². The van der Waals surface area contributed by atoms with E-state index in [0.717, 1.165) is 13.0 Å². The second-order valence-corrected chi connectivity index (χ2v) is 6.10. The molecule has 1 aromatic carbocycles. The van der Waals surface area contributed by atoms with Crippen molar-refractivity contribution in [1.29, 1.82) is 0 Å². The lowest BCUT2D eigenvalue weighted by atomic mass is 10.1. The third kappa shape index (κ3) is 3.18. The Morgan fingerprint density at radius 2 is 2.19 bits per heavy atom. The summed E-state index contributed by atoms with van der Waals surface area (Å²) in [5, 5.41) is 0. The Hall–Kier alpha value is -0.130. The fourth-order valence-corrected chi connectivity index (χ4v) is 2.65. The van der Waals surface area contributed by atoms with E-state index in [2.05, 4.69) is 41.6 Å². The van der Waals surface area contributed by atoms with Crippen LogP contribution in [0.15, 0.2) is 30.3 Å². The SMILES string of the molecule is CC(I)C1OCCC1OCc1ccccc1. The van der Waals surface area contributed by atoms with E-state index < -0.39 is 0 Å². The molecule has 3 atom stereocenters. The van der Waals surface area contributed by atoms with Crippen LogP contribution in [0.4, 0.5) is 0 Å². The molecule has 16 heavy (non-hydrogen) atoms. The Morgan fingerprint density at radius 3 is 2.88 bits per heavy atom. The highest BCUT2D eigenvalue weighted by atomic mass is 127. The van der Waals surface area contributed by atoms with Crippen LogP contribution in [0.3, 0.4) is 0 Å². The molecular formula is C13H17IO2. The first-order valence-corrected chi connectivity index (χ1v) is 6.93. The summed E-state index contributed by atoms with van der Waals surface area (Å²) in [6, 6.07) is 10.3. The van der Waals surface area contributed by atoms with Gasteiger partial charge in [0.05, 0.1) is 18.8 Å². The van der Waals surface area contributed by atoms with Crippen molar-refractivity contribution in [1.82, 2.24) is 0 Å². The van der Waals surface area contributed by atoms with Gasteiger partial charge in [0, 0.05) is 10.5 Å². The van der Waals surface area contributed by atoms with E-state index in [1.807, 2.05) is 18.2 Å². The molecule has 2 nitrogen and oxygen atoms in total. The second-order valence-electron chi connectivity index (χ2n) is 4.14. The zero-order chi connectivity index (χ0) is 11.4. The zero-order valence-corrected chi connectivity index (χ0v) is 11.6. The Morgan fingerprint density at radius 1 is 1.44 bits per heavy atom. The number of benzene rings is 1. The molecule has 0 amide bonds. The summed E-state index contributed by atoms with van der Waals surface area (Å²) in [7, 11) is 0. The van der Waals surface area contributed by atoms with E-state index in [9.17, 15) is 0 Å². The summed E-state index contributed by atoms with van der Waals surface area (Å²) in [5.41, 5.74) is 1.23. The Balaban J connectivity index is 1.86. The van der Waals surface area contributed by atoms with Gasteiger partial charge in [-0.2, -0.15) is 0 Å². The van der Waals surface area contributed by atoms with Crippen LogP contribution in [-0.2, 0) is 16.1 Å². The van der Waals surface area contributed by atoms with Crippen LogP contribution in [0.5, 0.6) is 0 Å². The van der Waals surface area contributed by atoms with Crippen molar-refractivity contribution in [3.05, 3.63) is 35.9 Å². The molecule has 1 aliphatic heterocycles. The van der Waals surface area contributed by atoms with Gasteiger partial charge in [-0.3, -0.25) is 0 Å². The van der Waals surface area contributed by atoms with Gasteiger partial charge in [0.2, 0.25) is 0 Å². The van der Waals surface area contributed by atoms with E-state index in [1.54, 1.807) is 0 Å². The standard InChI is InChI=1S/C13H17IO2/c1-10(14)13-12(7-8-15-13)16-9-11-5-3-2-4-6-11/h2-6,10,12-13H,7-9H2,1H3. The number of ether oxygens (including phenoxy) is 2. The fraction of sp³-hybridized carbons (Fsp3) is 0.538. The van der Waals surface area contributed by atoms with E-state index in [1.165, 1.54) is 5.56 Å². The third-order valence-electron chi connectivity index (χ3n) is 2.84. The number of rotatable bonds is 4. The van der Waals surface area contributed by atoms with Crippen molar-refractivity contribution in [2.45, 2.75) is 36.1 Å². The molecule has 0 radical (unpaired) electrons. The zero-order valence-electron chi connectivity index (χ0n) is 9.43. The van der Waals surface area contributed by atoms with E-state index in [-0.39, 0.29) is 12.2 Å². The first-order valence-electron chi connectivity index (χ1n) is 5.68. The van der Waals surface area contributed by atoms with Crippen LogP contribution >= 0.6 is 22.6 Å². The summed E-state index contributed by atoms with van der Waals surface area (Å²) >= 11 is 2.41. The molecule has 0 saturated carbocycles. The summed E-state index contributed by atoms with van der Waals surface area (Å²) in [4.78, 5) is 0. The van der Waals surface area contributed by atoms with E-state index in [4.69, 9.17) is 9.47 Å². The summed E-state index contributed by atoms with van der Waals surface area (Å²) in [5.74, 6) is 0. The van der Waals surface area contributed by atoms with E-state index >= 15 is 0 Å². The summed E-state index contributed by atoms with van der Waals surface area (Å²) in [6.07, 6.45) is 1.53. The molecule has 0 bridgehead atoms. The summed E-state index contributed by atoms with van der Waals surface area (Å²) < 4.78 is 12.1. The summed E-state index contributed by atoms with van der Waals surface area (Å²) in [6.45, 7) is 3.70. The first kappa shape index (κ1) is 12.3. The lowest BCUT2D eigenvalue weighted by Crippen LogP contribution is -2.30. The monoisotopic (exact) mass is 332 g/mol. The minimum Gasteiger partial charge on any atom is -0.374 e. The molecule has 1 heterocycles. The van der Waals surface area contributed by atoms with Crippen molar-refractivity contribution >= 4 is 22.6 Å². The first-order chi connectivity index (χ1) is 7.77. The van der Waals surface area contributed by atoms with Crippen molar-refractivity contribution in [2.75, 3.05) is 6.61 Å². The van der Waals surface area contributed by atoms with Gasteiger partial charge in [-0.15, -0.1) is 0 Å². The maximum atomic E-state index is 5.93. The van der Waals surface area contributed by atoms with Gasteiger partial charge in [0.25, 0.3) is 0 Å². The van der Waals surface area contributed by atoms with Crippen LogP contribution in [0.25, 0.3) is 0 Å². The molecule has 0 N–H and O–H groups in total. The lowest BCUT2D eigenvalue weighted by Gasteiger charge is -2.21. The lowest BCUT2D eigenvalue weighted by molar-refractivity contribution is -0.0141. The fourth-order valence-electron chi connectivity index (χ4n) is 1.98. The predicted octanol–water partition coefficient (Wildman–Crippen LogP) is 3.18. The third-order valence-corrected chi connectivity index (χ3v) is 3.55. The van der Waals surface area contributed by atoms with Crippen LogP contribution in [-0.4, -0.2) is 22.7 Å². The van der Waals surface area contributed by atoms with Gasteiger partial charge in [-0.25, -0.2) is 0 Å². The maximum Gasteiger partial charge on any atom is 0.0952 e. The van der Waals surface area contributed by atoms with Gasteiger partial charge in [0.15, 0.2) is 0 Å². The largest absolute Gasteiger partial charge is 0.374 e. The molecule has 0 aliphatic carbocycles. The topological polar surface area (TPSA) is 18.5 Å². The predicted molar refractivity (Wildman–Crippen MR) is 72.9 cm³/mol. The molecule has 0 spiro atoms. The molecular weight excluding hydrogens is 315 g/mol. The van der Waals surface area contributed by atoms with Gasteiger partial charge >= 0.3 is 0 Å². The van der Waals surface area contributed by atoms with Crippen LogP contribution in [0.2, 0.25) is 0 Å². The normalized spacial score (nSPS) is 26.9. The smallest absolute Gasteiger partial charge is 0.0952 e. The minimum atomic E-state index is 0.254. The molecule has 1 fully saturated rings. The molecule has 1 saturated heterocycles. The number of hydrogen-bond donors (Lipinski definition) is 0. The van der Waals surface area contributed by atoms with E-state index in [0.29, 0.717) is 10.5 Å². The van der Waals surface area contributed by atoms with Gasteiger partial charge in [-0.05, 0) is 12.0 Å². The second kappa shape index (κ2) is 5.98. The Kier molecular flexibility index (Phi) is 4.61. The van der Waals surface area contributed by atoms with Crippen molar-refractivity contribution in [2.24, 2.45) is 0 Å². The Bertz CT molecular complexity index is 313. The number of hydrogen-bond acceptors (Lipinski definition) is 2. The van der Waals surface area contributed by atoms with Crippen LogP contribution in [0, 0.1) is 0 Å². The molecule has 1 aliphatic rings. The quantitative estimate of drug-likeness (QED) is 0.623. The average molecular weight is 332 g/mol. The van der Waals surface area contributed by atoms with Crippen LogP contribution in [0.1, 0.15) is 18.9 Å². The number of halogens is 1. The highest BCUT2D eigenvalue weighted by Gasteiger charge is 2.32. The highest BCUT2D eigenvalue weighted by molar-refractivity contribution is 14.1. The van der Waals surface area contributed by atoms with Crippen molar-refractivity contribution < 1.29 is 9.47 Å². The molecule has 3 heteroatoms. The molecule has 3 unspecified atom stereocenters. The number of alkyl halides is 1. The Labute approximate surface area is 110 Å². The highest BCUT2D eigenvalue weighted by Crippen LogP contribution is 2.25. The molecule has 0 aromatic heterocycles. The van der Waals surface area contributed by atoms with Crippen molar-refractivity contribution in [3.63, 3.8) is 0 Å². The molecule has 2 rings (SSSR count).